The summed E-state index contributed by atoms with van der Waals surface area (Å²) in [6, 6.07) is 5.81. The highest BCUT2D eigenvalue weighted by atomic mass is 16.5. The lowest BCUT2D eigenvalue weighted by molar-refractivity contribution is 0.335. The molecule has 100 valence electrons. The molecule has 0 bridgehead atoms. The summed E-state index contributed by atoms with van der Waals surface area (Å²) in [6.07, 6.45) is 2.71. The van der Waals surface area contributed by atoms with Gasteiger partial charge in [-0.05, 0) is 32.0 Å². The van der Waals surface area contributed by atoms with E-state index in [1.807, 2.05) is 18.2 Å². The Labute approximate surface area is 109 Å². The van der Waals surface area contributed by atoms with Crippen molar-refractivity contribution >= 4 is 5.69 Å². The van der Waals surface area contributed by atoms with Gasteiger partial charge in [0.2, 0.25) is 0 Å². The molecule has 0 amide bonds. The average Bonchev–Trinajstić information content (AvgIpc) is 2.89. The third kappa shape index (κ3) is 3.62. The molecule has 0 saturated carbocycles. The van der Waals surface area contributed by atoms with Crippen molar-refractivity contribution < 1.29 is 4.74 Å². The Morgan fingerprint density at radius 3 is 2.83 bits per heavy atom. The van der Waals surface area contributed by atoms with E-state index in [0.717, 1.165) is 36.6 Å². The second-order valence-corrected chi connectivity index (χ2v) is 4.80. The lowest BCUT2D eigenvalue weighted by Crippen LogP contribution is -2.29. The number of nitrogens with one attached hydrogen (secondary N) is 1. The summed E-state index contributed by atoms with van der Waals surface area (Å²) in [5.74, 6) is 0.865. The standard InChI is InChI=1S/C14H23N3O/c1-18-14-10-13(15)5-4-12(14)11-16-6-9-17-7-2-3-8-17/h4-5,10,16H,2-3,6-9,11,15H2,1H3. The van der Waals surface area contributed by atoms with Crippen LogP contribution in [0.15, 0.2) is 18.2 Å². The largest absolute Gasteiger partial charge is 0.496 e. The topological polar surface area (TPSA) is 50.5 Å². The third-order valence-electron chi connectivity index (χ3n) is 3.43. The molecule has 1 heterocycles. The minimum absolute atomic E-state index is 0.743. The Kier molecular flexibility index (Phi) is 4.84. The van der Waals surface area contributed by atoms with Crippen LogP contribution in [0.1, 0.15) is 18.4 Å². The van der Waals surface area contributed by atoms with E-state index in [1.54, 1.807) is 7.11 Å². The fraction of sp³-hybridized carbons (Fsp3) is 0.571. The number of rotatable bonds is 6. The molecule has 2 rings (SSSR count). The normalized spacial score (nSPS) is 16.1. The number of ether oxygens (including phenoxy) is 1. The first kappa shape index (κ1) is 13.2. The summed E-state index contributed by atoms with van der Waals surface area (Å²) in [5, 5.41) is 3.46. The summed E-state index contributed by atoms with van der Waals surface area (Å²) in [6.45, 7) is 5.50. The van der Waals surface area contributed by atoms with E-state index in [1.165, 1.54) is 25.9 Å². The average molecular weight is 249 g/mol. The summed E-state index contributed by atoms with van der Waals surface area (Å²) in [7, 11) is 1.68. The van der Waals surface area contributed by atoms with Crippen molar-refractivity contribution in [2.45, 2.75) is 19.4 Å². The van der Waals surface area contributed by atoms with Crippen molar-refractivity contribution in [3.8, 4) is 5.75 Å². The predicted octanol–water partition coefficient (Wildman–Crippen LogP) is 1.46. The van der Waals surface area contributed by atoms with Crippen LogP contribution in [0.4, 0.5) is 5.69 Å². The second-order valence-electron chi connectivity index (χ2n) is 4.80. The zero-order valence-corrected chi connectivity index (χ0v) is 11.1. The second kappa shape index (κ2) is 6.61. The lowest BCUT2D eigenvalue weighted by Gasteiger charge is -2.15. The molecular formula is C14H23N3O. The lowest BCUT2D eigenvalue weighted by atomic mass is 10.2. The molecule has 0 radical (unpaired) electrons. The minimum atomic E-state index is 0.743. The smallest absolute Gasteiger partial charge is 0.125 e. The highest BCUT2D eigenvalue weighted by molar-refractivity contribution is 5.48. The van der Waals surface area contributed by atoms with Gasteiger partial charge in [0.25, 0.3) is 0 Å². The van der Waals surface area contributed by atoms with E-state index < -0.39 is 0 Å². The van der Waals surface area contributed by atoms with E-state index in [9.17, 15) is 0 Å². The molecule has 1 fully saturated rings. The molecule has 0 aliphatic carbocycles. The SMILES string of the molecule is COc1cc(N)ccc1CNCCN1CCCC1. The number of nitrogen functional groups attached to an aromatic ring is 1. The minimum Gasteiger partial charge on any atom is -0.496 e. The highest BCUT2D eigenvalue weighted by Gasteiger charge is 2.10. The van der Waals surface area contributed by atoms with E-state index in [2.05, 4.69) is 10.2 Å². The van der Waals surface area contributed by atoms with Crippen LogP contribution >= 0.6 is 0 Å². The zero-order valence-electron chi connectivity index (χ0n) is 11.1. The number of nitrogens with two attached hydrogens (primary N) is 1. The Hall–Kier alpha value is -1.26. The molecule has 0 aromatic heterocycles. The molecule has 1 aromatic carbocycles. The number of nitrogens with zero attached hydrogens (tertiary/aromatic N) is 1. The molecule has 1 aliphatic heterocycles. The maximum atomic E-state index is 5.73. The van der Waals surface area contributed by atoms with Crippen LogP contribution in [-0.2, 0) is 6.54 Å². The Morgan fingerprint density at radius 2 is 2.11 bits per heavy atom. The summed E-state index contributed by atoms with van der Waals surface area (Å²) < 4.78 is 5.33. The van der Waals surface area contributed by atoms with Crippen molar-refractivity contribution in [2.24, 2.45) is 0 Å². The van der Waals surface area contributed by atoms with Crippen LogP contribution in [0.25, 0.3) is 0 Å². The number of methoxy groups -OCH3 is 1. The Balaban J connectivity index is 1.75. The van der Waals surface area contributed by atoms with Crippen LogP contribution in [0, 0.1) is 0 Å². The quantitative estimate of drug-likeness (QED) is 0.592. The van der Waals surface area contributed by atoms with Gasteiger partial charge in [0, 0.05) is 37.0 Å². The number of hydrogen-bond acceptors (Lipinski definition) is 4. The van der Waals surface area contributed by atoms with Gasteiger partial charge in [-0.3, -0.25) is 0 Å². The van der Waals surface area contributed by atoms with E-state index >= 15 is 0 Å². The van der Waals surface area contributed by atoms with Gasteiger partial charge in [-0.25, -0.2) is 0 Å². The number of hydrogen-bond donors (Lipinski definition) is 2. The van der Waals surface area contributed by atoms with E-state index in [-0.39, 0.29) is 0 Å². The molecule has 3 N–H and O–H groups in total. The van der Waals surface area contributed by atoms with Crippen molar-refractivity contribution in [1.82, 2.24) is 10.2 Å². The first-order chi connectivity index (χ1) is 8.79. The van der Waals surface area contributed by atoms with E-state index in [0.29, 0.717) is 0 Å². The summed E-state index contributed by atoms with van der Waals surface area (Å²) >= 11 is 0. The zero-order chi connectivity index (χ0) is 12.8. The molecule has 0 atom stereocenters. The Morgan fingerprint density at radius 1 is 1.33 bits per heavy atom. The maximum Gasteiger partial charge on any atom is 0.125 e. The van der Waals surface area contributed by atoms with E-state index in [4.69, 9.17) is 10.5 Å². The van der Waals surface area contributed by atoms with Crippen molar-refractivity contribution in [3.05, 3.63) is 23.8 Å². The van der Waals surface area contributed by atoms with Gasteiger partial charge in [0.05, 0.1) is 7.11 Å². The van der Waals surface area contributed by atoms with Crippen LogP contribution < -0.4 is 15.8 Å². The van der Waals surface area contributed by atoms with Crippen LogP contribution in [0.5, 0.6) is 5.75 Å². The van der Waals surface area contributed by atoms with Gasteiger partial charge >= 0.3 is 0 Å². The molecule has 1 aliphatic rings. The fourth-order valence-corrected chi connectivity index (χ4v) is 2.37. The van der Waals surface area contributed by atoms with Crippen molar-refractivity contribution in [3.63, 3.8) is 0 Å². The molecule has 4 nitrogen and oxygen atoms in total. The van der Waals surface area contributed by atoms with Gasteiger partial charge in [-0.2, -0.15) is 0 Å². The van der Waals surface area contributed by atoms with Gasteiger partial charge in [0.1, 0.15) is 5.75 Å². The monoisotopic (exact) mass is 249 g/mol. The van der Waals surface area contributed by atoms with Crippen molar-refractivity contribution in [2.75, 3.05) is 39.0 Å². The maximum absolute atomic E-state index is 5.73. The fourth-order valence-electron chi connectivity index (χ4n) is 2.37. The molecular weight excluding hydrogens is 226 g/mol. The number of likely N-dealkylation sites (tertiary alicyclic amines) is 1. The molecule has 0 spiro atoms. The van der Waals surface area contributed by atoms with Gasteiger partial charge in [-0.15, -0.1) is 0 Å². The predicted molar refractivity (Wildman–Crippen MR) is 74.8 cm³/mol. The summed E-state index contributed by atoms with van der Waals surface area (Å²) in [5.41, 5.74) is 7.64. The first-order valence-corrected chi connectivity index (χ1v) is 6.65. The molecule has 1 saturated heterocycles. The number of anilines is 1. The highest BCUT2D eigenvalue weighted by Crippen LogP contribution is 2.21. The molecule has 0 unspecified atom stereocenters. The van der Waals surface area contributed by atoms with Crippen molar-refractivity contribution in [1.29, 1.82) is 0 Å². The van der Waals surface area contributed by atoms with Crippen LogP contribution in [0.2, 0.25) is 0 Å². The molecule has 4 heteroatoms. The van der Waals surface area contributed by atoms with Gasteiger partial charge < -0.3 is 20.7 Å². The van der Waals surface area contributed by atoms with Crippen LogP contribution in [-0.4, -0.2) is 38.2 Å². The third-order valence-corrected chi connectivity index (χ3v) is 3.43. The molecule has 1 aromatic rings. The van der Waals surface area contributed by atoms with Gasteiger partial charge in [0.15, 0.2) is 0 Å². The van der Waals surface area contributed by atoms with Crippen LogP contribution in [0.3, 0.4) is 0 Å². The summed E-state index contributed by atoms with van der Waals surface area (Å²) in [4.78, 5) is 2.51. The first-order valence-electron chi connectivity index (χ1n) is 6.65. The number of benzene rings is 1. The molecule has 18 heavy (non-hydrogen) atoms. The van der Waals surface area contributed by atoms with Gasteiger partial charge in [-0.1, -0.05) is 6.07 Å². The Bertz CT molecular complexity index is 375.